The van der Waals surface area contributed by atoms with E-state index in [1.165, 1.54) is 12.8 Å². The summed E-state index contributed by atoms with van der Waals surface area (Å²) in [5, 5.41) is 12.3. The van der Waals surface area contributed by atoms with Crippen LogP contribution in [0.4, 0.5) is 0 Å². The first-order chi connectivity index (χ1) is 9.72. The SMILES string of the molecule is Cc1nnsc1C(=O)N1CC(n2cc(C3CC3)nn2)C1. The van der Waals surface area contributed by atoms with E-state index in [0.29, 0.717) is 29.6 Å². The molecule has 0 unspecified atom stereocenters. The van der Waals surface area contributed by atoms with Gasteiger partial charge in [-0.2, -0.15) is 0 Å². The first-order valence-corrected chi connectivity index (χ1v) is 7.49. The predicted octanol–water partition coefficient (Wildman–Crippen LogP) is 1.01. The molecule has 1 saturated heterocycles. The predicted molar refractivity (Wildman–Crippen MR) is 71.6 cm³/mol. The second kappa shape index (κ2) is 4.34. The lowest BCUT2D eigenvalue weighted by Crippen LogP contribution is -2.50. The zero-order valence-corrected chi connectivity index (χ0v) is 11.9. The van der Waals surface area contributed by atoms with Crippen molar-refractivity contribution < 1.29 is 4.79 Å². The molecule has 2 fully saturated rings. The zero-order valence-electron chi connectivity index (χ0n) is 11.1. The molecule has 2 aliphatic rings. The first kappa shape index (κ1) is 12.0. The fourth-order valence-corrected chi connectivity index (χ4v) is 3.02. The maximum atomic E-state index is 12.2. The van der Waals surface area contributed by atoms with Crippen molar-refractivity contribution >= 4 is 17.4 Å². The highest BCUT2D eigenvalue weighted by Gasteiger charge is 2.35. The molecule has 0 aromatic carbocycles. The van der Waals surface area contributed by atoms with E-state index in [4.69, 9.17) is 0 Å². The van der Waals surface area contributed by atoms with E-state index in [0.717, 1.165) is 17.2 Å². The fourth-order valence-electron chi connectivity index (χ4n) is 2.39. The van der Waals surface area contributed by atoms with Crippen LogP contribution < -0.4 is 0 Å². The number of amides is 1. The van der Waals surface area contributed by atoms with Crippen molar-refractivity contribution in [3.05, 3.63) is 22.5 Å². The molecule has 1 saturated carbocycles. The minimum atomic E-state index is 0.0243. The summed E-state index contributed by atoms with van der Waals surface area (Å²) in [6.45, 7) is 3.18. The number of hydrogen-bond donors (Lipinski definition) is 0. The van der Waals surface area contributed by atoms with Crippen LogP contribution >= 0.6 is 11.5 Å². The highest BCUT2D eigenvalue weighted by molar-refractivity contribution is 7.07. The molecular formula is C12H14N6OS. The molecule has 1 aliphatic heterocycles. The normalized spacial score (nSPS) is 19.1. The van der Waals surface area contributed by atoms with Gasteiger partial charge in [-0.3, -0.25) is 4.79 Å². The summed E-state index contributed by atoms with van der Waals surface area (Å²) in [4.78, 5) is 14.7. The third-order valence-corrected chi connectivity index (χ3v) is 4.71. The Morgan fingerprint density at radius 1 is 1.35 bits per heavy atom. The Kier molecular flexibility index (Phi) is 2.59. The van der Waals surface area contributed by atoms with Gasteiger partial charge in [0, 0.05) is 25.2 Å². The highest BCUT2D eigenvalue weighted by atomic mass is 32.1. The van der Waals surface area contributed by atoms with Gasteiger partial charge in [-0.15, -0.1) is 10.2 Å². The van der Waals surface area contributed by atoms with E-state index >= 15 is 0 Å². The van der Waals surface area contributed by atoms with Crippen LogP contribution in [-0.2, 0) is 0 Å². The standard InChI is InChI=1S/C12H14N6OS/c1-7-11(20-16-13-7)12(19)17-4-9(5-17)18-6-10(14-15-18)8-2-3-8/h6,8-9H,2-5H2,1H3. The molecule has 1 aliphatic carbocycles. The van der Waals surface area contributed by atoms with Gasteiger partial charge in [-0.1, -0.05) is 9.70 Å². The Balaban J connectivity index is 1.41. The number of aromatic nitrogens is 5. The van der Waals surface area contributed by atoms with Gasteiger partial charge in [-0.25, -0.2) is 4.68 Å². The van der Waals surface area contributed by atoms with Crippen LogP contribution in [0.3, 0.4) is 0 Å². The van der Waals surface area contributed by atoms with Crippen molar-refractivity contribution in [3.63, 3.8) is 0 Å². The van der Waals surface area contributed by atoms with Gasteiger partial charge in [-0.05, 0) is 31.3 Å². The number of carbonyl (C=O) groups excluding carboxylic acids is 1. The van der Waals surface area contributed by atoms with Crippen molar-refractivity contribution in [2.24, 2.45) is 0 Å². The minimum Gasteiger partial charge on any atom is -0.333 e. The van der Waals surface area contributed by atoms with E-state index in [-0.39, 0.29) is 11.9 Å². The second-order valence-electron chi connectivity index (χ2n) is 5.45. The third-order valence-electron chi connectivity index (χ3n) is 3.89. The van der Waals surface area contributed by atoms with Crippen LogP contribution in [-0.4, -0.2) is 48.5 Å². The fraction of sp³-hybridized carbons (Fsp3) is 0.583. The molecule has 2 aromatic heterocycles. The molecular weight excluding hydrogens is 276 g/mol. The maximum absolute atomic E-state index is 12.2. The molecule has 0 radical (unpaired) electrons. The molecule has 0 bridgehead atoms. The summed E-state index contributed by atoms with van der Waals surface area (Å²) in [6.07, 6.45) is 4.49. The molecule has 0 spiro atoms. The topological polar surface area (TPSA) is 76.8 Å². The lowest BCUT2D eigenvalue weighted by atomic mass is 10.1. The quantitative estimate of drug-likeness (QED) is 0.843. The Hall–Kier alpha value is -1.83. The number of nitrogens with zero attached hydrogens (tertiary/aromatic N) is 6. The lowest BCUT2D eigenvalue weighted by Gasteiger charge is -2.38. The van der Waals surface area contributed by atoms with Crippen LogP contribution in [0.1, 0.15) is 45.9 Å². The third kappa shape index (κ3) is 1.91. The van der Waals surface area contributed by atoms with Crippen LogP contribution in [0.15, 0.2) is 6.20 Å². The zero-order chi connectivity index (χ0) is 13.7. The van der Waals surface area contributed by atoms with Gasteiger partial charge in [0.05, 0.1) is 17.4 Å². The molecule has 104 valence electrons. The number of aryl methyl sites for hydroxylation is 1. The second-order valence-corrected chi connectivity index (χ2v) is 6.20. The summed E-state index contributed by atoms with van der Waals surface area (Å²) in [5.41, 5.74) is 1.80. The number of hydrogen-bond acceptors (Lipinski definition) is 6. The van der Waals surface area contributed by atoms with Crippen LogP contribution in [0, 0.1) is 6.92 Å². The number of carbonyl (C=O) groups is 1. The average molecular weight is 290 g/mol. The average Bonchev–Trinajstić information content (AvgIpc) is 2.96. The Labute approximate surface area is 119 Å². The molecule has 3 heterocycles. The van der Waals surface area contributed by atoms with Crippen LogP contribution in [0.25, 0.3) is 0 Å². The largest absolute Gasteiger partial charge is 0.333 e. The lowest BCUT2D eigenvalue weighted by molar-refractivity contribution is 0.0502. The molecule has 20 heavy (non-hydrogen) atoms. The summed E-state index contributed by atoms with van der Waals surface area (Å²) in [5.74, 6) is 0.642. The summed E-state index contributed by atoms with van der Waals surface area (Å²) >= 11 is 1.16. The Bertz CT molecular complexity index is 654. The van der Waals surface area contributed by atoms with E-state index < -0.39 is 0 Å². The Morgan fingerprint density at radius 3 is 2.80 bits per heavy atom. The monoisotopic (exact) mass is 290 g/mol. The van der Waals surface area contributed by atoms with E-state index in [2.05, 4.69) is 19.9 Å². The molecule has 7 nitrogen and oxygen atoms in total. The van der Waals surface area contributed by atoms with E-state index in [1.54, 1.807) is 0 Å². The minimum absolute atomic E-state index is 0.0243. The molecule has 2 aromatic rings. The van der Waals surface area contributed by atoms with Crippen LogP contribution in [0.5, 0.6) is 0 Å². The number of rotatable bonds is 3. The van der Waals surface area contributed by atoms with Crippen molar-refractivity contribution in [1.82, 2.24) is 29.5 Å². The van der Waals surface area contributed by atoms with Crippen molar-refractivity contribution in [2.75, 3.05) is 13.1 Å². The van der Waals surface area contributed by atoms with Crippen molar-refractivity contribution in [3.8, 4) is 0 Å². The van der Waals surface area contributed by atoms with E-state index in [9.17, 15) is 4.79 Å². The van der Waals surface area contributed by atoms with Gasteiger partial charge in [0.15, 0.2) is 0 Å². The Morgan fingerprint density at radius 2 is 2.15 bits per heavy atom. The molecule has 8 heteroatoms. The molecule has 1 amide bonds. The van der Waals surface area contributed by atoms with Crippen molar-refractivity contribution in [2.45, 2.75) is 31.7 Å². The molecule has 0 N–H and O–H groups in total. The summed E-state index contributed by atoms with van der Waals surface area (Å²) < 4.78 is 5.71. The smallest absolute Gasteiger partial charge is 0.267 e. The van der Waals surface area contributed by atoms with Crippen LogP contribution in [0.2, 0.25) is 0 Å². The molecule has 0 atom stereocenters. The van der Waals surface area contributed by atoms with E-state index in [1.807, 2.05) is 22.7 Å². The summed E-state index contributed by atoms with van der Waals surface area (Å²) in [6, 6.07) is 0.250. The summed E-state index contributed by atoms with van der Waals surface area (Å²) in [7, 11) is 0. The first-order valence-electron chi connectivity index (χ1n) is 6.72. The highest BCUT2D eigenvalue weighted by Crippen LogP contribution is 2.39. The van der Waals surface area contributed by atoms with Gasteiger partial charge in [0.1, 0.15) is 4.88 Å². The van der Waals surface area contributed by atoms with Gasteiger partial charge >= 0.3 is 0 Å². The van der Waals surface area contributed by atoms with Gasteiger partial charge in [0.25, 0.3) is 5.91 Å². The molecule has 4 rings (SSSR count). The number of likely N-dealkylation sites (tertiary alicyclic amines) is 1. The van der Waals surface area contributed by atoms with Gasteiger partial charge < -0.3 is 4.90 Å². The van der Waals surface area contributed by atoms with Gasteiger partial charge in [0.2, 0.25) is 0 Å². The maximum Gasteiger partial charge on any atom is 0.267 e. The van der Waals surface area contributed by atoms with Crippen molar-refractivity contribution in [1.29, 1.82) is 0 Å².